The lowest BCUT2D eigenvalue weighted by molar-refractivity contribution is -0.142. The molecule has 5 heteroatoms. The fourth-order valence-electron chi connectivity index (χ4n) is 1.73. The number of rotatable bonds is 7. The Morgan fingerprint density at radius 2 is 1.95 bits per heavy atom. The molecule has 0 aromatic heterocycles. The molecule has 0 radical (unpaired) electrons. The molecule has 1 fully saturated rings. The predicted molar refractivity (Wildman–Crippen MR) is 76.9 cm³/mol. The van der Waals surface area contributed by atoms with Gasteiger partial charge in [0.15, 0.2) is 5.78 Å². The molecule has 1 rings (SSSR count). The highest BCUT2D eigenvalue weighted by Gasteiger charge is 2.39. The third kappa shape index (κ3) is 4.64. The third-order valence-electron chi connectivity index (χ3n) is 3.17. The van der Waals surface area contributed by atoms with Gasteiger partial charge in [0.05, 0.1) is 11.8 Å². The molecular weight excluding hydrogens is 262 g/mol. The number of hydrogen-bond acceptors (Lipinski definition) is 4. The molecule has 0 N–H and O–H groups in total. The minimum absolute atomic E-state index is 0.0590. The van der Waals surface area contributed by atoms with Crippen molar-refractivity contribution in [3.8, 4) is 0 Å². The van der Waals surface area contributed by atoms with E-state index in [0.717, 1.165) is 17.1 Å². The lowest BCUT2D eigenvalue weighted by atomic mass is 10.1. The molecule has 108 valence electrons. The van der Waals surface area contributed by atoms with E-state index in [9.17, 15) is 14.4 Å². The van der Waals surface area contributed by atoms with Gasteiger partial charge in [-0.05, 0) is 18.1 Å². The van der Waals surface area contributed by atoms with E-state index in [1.807, 2.05) is 0 Å². The van der Waals surface area contributed by atoms with Crippen molar-refractivity contribution in [3.63, 3.8) is 0 Å². The summed E-state index contributed by atoms with van der Waals surface area (Å²) >= 11 is 1.54. The minimum Gasteiger partial charge on any atom is -0.297 e. The van der Waals surface area contributed by atoms with Gasteiger partial charge in [0.25, 0.3) is 0 Å². The van der Waals surface area contributed by atoms with Crippen molar-refractivity contribution in [2.75, 3.05) is 12.3 Å². The number of amides is 2. The summed E-state index contributed by atoms with van der Waals surface area (Å²) in [5.74, 6) is 0.878. The highest BCUT2D eigenvalue weighted by molar-refractivity contribution is 8.00. The zero-order valence-corrected chi connectivity index (χ0v) is 13.0. The molecule has 1 aliphatic heterocycles. The standard InChI is InChI=1S/C14H23NO3S/c1-9(2)5-6-19-12-7-13(17)15(14(12)18)8-11(16)10(3)4/h9-10,12H,5-8H2,1-4H3. The molecular formula is C14H23NO3S. The van der Waals surface area contributed by atoms with E-state index in [1.165, 1.54) is 0 Å². The molecule has 1 heterocycles. The number of Topliss-reactive ketones (excluding diaryl/α,β-unsaturated/α-hetero) is 1. The van der Waals surface area contributed by atoms with Gasteiger partial charge < -0.3 is 0 Å². The fraction of sp³-hybridized carbons (Fsp3) is 0.786. The van der Waals surface area contributed by atoms with Crippen LogP contribution in [0, 0.1) is 11.8 Å². The second-order valence-electron chi connectivity index (χ2n) is 5.69. The van der Waals surface area contributed by atoms with Gasteiger partial charge in [-0.2, -0.15) is 0 Å². The summed E-state index contributed by atoms with van der Waals surface area (Å²) in [6.45, 7) is 7.77. The first-order valence-electron chi connectivity index (χ1n) is 6.81. The first-order chi connectivity index (χ1) is 8.82. The van der Waals surface area contributed by atoms with Crippen LogP contribution in [0.2, 0.25) is 0 Å². The minimum atomic E-state index is -0.286. The van der Waals surface area contributed by atoms with Gasteiger partial charge in [-0.1, -0.05) is 27.7 Å². The molecule has 0 spiro atoms. The monoisotopic (exact) mass is 285 g/mol. The van der Waals surface area contributed by atoms with E-state index in [0.29, 0.717) is 5.92 Å². The zero-order valence-electron chi connectivity index (χ0n) is 12.1. The summed E-state index contributed by atoms with van der Waals surface area (Å²) in [6, 6.07) is 0. The van der Waals surface area contributed by atoms with Gasteiger partial charge in [0.1, 0.15) is 0 Å². The number of carbonyl (C=O) groups excluding carboxylic acids is 3. The first-order valence-corrected chi connectivity index (χ1v) is 7.86. The molecule has 0 aromatic rings. The number of nitrogens with zero attached hydrogens (tertiary/aromatic N) is 1. The van der Waals surface area contributed by atoms with Crippen LogP contribution in [0.15, 0.2) is 0 Å². The zero-order chi connectivity index (χ0) is 14.6. The van der Waals surface area contributed by atoms with Crippen LogP contribution in [0.3, 0.4) is 0 Å². The molecule has 1 atom stereocenters. The molecule has 0 aliphatic carbocycles. The highest BCUT2D eigenvalue weighted by atomic mass is 32.2. The maximum absolute atomic E-state index is 12.1. The van der Waals surface area contributed by atoms with Crippen molar-refractivity contribution in [1.82, 2.24) is 4.90 Å². The van der Waals surface area contributed by atoms with Gasteiger partial charge >= 0.3 is 0 Å². The van der Waals surface area contributed by atoms with E-state index in [-0.39, 0.29) is 41.7 Å². The Labute approximate surface area is 119 Å². The van der Waals surface area contributed by atoms with E-state index in [4.69, 9.17) is 0 Å². The smallest absolute Gasteiger partial charge is 0.243 e. The lowest BCUT2D eigenvalue weighted by Crippen LogP contribution is -2.37. The molecule has 19 heavy (non-hydrogen) atoms. The lowest BCUT2D eigenvalue weighted by Gasteiger charge is -2.15. The van der Waals surface area contributed by atoms with E-state index in [2.05, 4.69) is 13.8 Å². The Balaban J connectivity index is 2.51. The molecule has 0 bridgehead atoms. The van der Waals surface area contributed by atoms with Gasteiger partial charge in [0.2, 0.25) is 11.8 Å². The number of carbonyl (C=O) groups is 3. The molecule has 0 aromatic carbocycles. The molecule has 0 saturated carbocycles. The first kappa shape index (κ1) is 16.2. The third-order valence-corrected chi connectivity index (χ3v) is 4.42. The Kier molecular flexibility index (Phi) is 6.04. The fourth-order valence-corrected chi connectivity index (χ4v) is 3.16. The quantitative estimate of drug-likeness (QED) is 0.672. The number of likely N-dealkylation sites (tertiary alicyclic amines) is 1. The van der Waals surface area contributed by atoms with Crippen LogP contribution in [-0.4, -0.2) is 40.0 Å². The van der Waals surface area contributed by atoms with Gasteiger partial charge in [-0.15, -0.1) is 11.8 Å². The van der Waals surface area contributed by atoms with Crippen molar-refractivity contribution in [3.05, 3.63) is 0 Å². The molecule has 1 aliphatic rings. The van der Waals surface area contributed by atoms with Gasteiger partial charge in [0, 0.05) is 12.3 Å². The number of hydrogen-bond donors (Lipinski definition) is 0. The van der Waals surface area contributed by atoms with Crippen molar-refractivity contribution < 1.29 is 14.4 Å². The Hall–Kier alpha value is -0.840. The van der Waals surface area contributed by atoms with E-state index >= 15 is 0 Å². The molecule has 1 unspecified atom stereocenters. The number of imide groups is 1. The Morgan fingerprint density at radius 1 is 1.32 bits per heavy atom. The average Bonchev–Trinajstić information content (AvgIpc) is 2.56. The van der Waals surface area contributed by atoms with Crippen molar-refractivity contribution in [2.45, 2.75) is 45.8 Å². The van der Waals surface area contributed by atoms with Crippen LogP contribution in [0.4, 0.5) is 0 Å². The molecule has 2 amide bonds. The Bertz CT molecular complexity index is 366. The summed E-state index contributed by atoms with van der Waals surface area (Å²) < 4.78 is 0. The summed E-state index contributed by atoms with van der Waals surface area (Å²) in [6.07, 6.45) is 1.28. The highest BCUT2D eigenvalue weighted by Crippen LogP contribution is 2.26. The second-order valence-corrected chi connectivity index (χ2v) is 7.00. The van der Waals surface area contributed by atoms with E-state index < -0.39 is 0 Å². The summed E-state index contributed by atoms with van der Waals surface area (Å²) in [7, 11) is 0. The largest absolute Gasteiger partial charge is 0.297 e. The van der Waals surface area contributed by atoms with Crippen LogP contribution in [0.25, 0.3) is 0 Å². The number of thioether (sulfide) groups is 1. The normalized spacial score (nSPS) is 19.9. The predicted octanol–water partition coefficient (Wildman–Crippen LogP) is 2.12. The maximum Gasteiger partial charge on any atom is 0.243 e. The van der Waals surface area contributed by atoms with Gasteiger partial charge in [-0.3, -0.25) is 19.3 Å². The second kappa shape index (κ2) is 7.08. The average molecular weight is 285 g/mol. The Morgan fingerprint density at radius 3 is 2.47 bits per heavy atom. The van der Waals surface area contributed by atoms with E-state index in [1.54, 1.807) is 25.6 Å². The van der Waals surface area contributed by atoms with Crippen molar-refractivity contribution >= 4 is 29.4 Å². The molecule has 1 saturated heterocycles. The summed E-state index contributed by atoms with van der Waals surface area (Å²) in [5, 5.41) is -0.286. The van der Waals surface area contributed by atoms with Crippen LogP contribution >= 0.6 is 11.8 Å². The summed E-state index contributed by atoms with van der Waals surface area (Å²) in [5.41, 5.74) is 0. The molecule has 4 nitrogen and oxygen atoms in total. The van der Waals surface area contributed by atoms with Crippen LogP contribution in [-0.2, 0) is 14.4 Å². The van der Waals surface area contributed by atoms with Crippen molar-refractivity contribution in [1.29, 1.82) is 0 Å². The topological polar surface area (TPSA) is 54.5 Å². The van der Waals surface area contributed by atoms with Crippen LogP contribution < -0.4 is 0 Å². The summed E-state index contributed by atoms with van der Waals surface area (Å²) in [4.78, 5) is 36.7. The van der Waals surface area contributed by atoms with Crippen LogP contribution in [0.1, 0.15) is 40.5 Å². The van der Waals surface area contributed by atoms with Crippen LogP contribution in [0.5, 0.6) is 0 Å². The SMILES string of the molecule is CC(C)CCSC1CC(=O)N(CC(=O)C(C)C)C1=O. The number of ketones is 1. The van der Waals surface area contributed by atoms with Crippen molar-refractivity contribution in [2.24, 2.45) is 11.8 Å². The maximum atomic E-state index is 12.1. The van der Waals surface area contributed by atoms with Gasteiger partial charge in [-0.25, -0.2) is 0 Å².